The van der Waals surface area contributed by atoms with Gasteiger partial charge in [0.1, 0.15) is 0 Å². The predicted octanol–water partition coefficient (Wildman–Crippen LogP) is 6.14. The molecule has 9 heteroatoms. The van der Waals surface area contributed by atoms with Crippen LogP contribution in [0.3, 0.4) is 0 Å². The summed E-state index contributed by atoms with van der Waals surface area (Å²) in [5, 5.41) is 21.1. The first-order valence-corrected chi connectivity index (χ1v) is 8.46. The number of rotatable bonds is 3. The molecule has 2 aromatic carbocycles. The summed E-state index contributed by atoms with van der Waals surface area (Å²) in [7, 11) is 0. The van der Waals surface area contributed by atoms with Crippen LogP contribution in [0.1, 0.15) is 0 Å². The standard InChI is InChI=1S/C12H5Br4NO4/c13-5-1-2-8(7(3-5)17(19)20)21-9-4-6(14)10(15)11(16)12(9)18/h1-4,18H. The molecular formula is C12H5Br4NO4. The van der Waals surface area contributed by atoms with Gasteiger partial charge in [-0.25, -0.2) is 0 Å². The van der Waals surface area contributed by atoms with Crippen molar-refractivity contribution < 1.29 is 14.8 Å². The summed E-state index contributed by atoms with van der Waals surface area (Å²) in [5.41, 5.74) is -0.209. The minimum absolute atomic E-state index is 0.0274. The molecule has 0 aliphatic rings. The van der Waals surface area contributed by atoms with Gasteiger partial charge in [-0.15, -0.1) is 0 Å². The number of hydrogen-bond donors (Lipinski definition) is 1. The van der Waals surface area contributed by atoms with Gasteiger partial charge in [0.15, 0.2) is 11.5 Å². The van der Waals surface area contributed by atoms with E-state index >= 15 is 0 Å². The predicted molar refractivity (Wildman–Crippen MR) is 92.1 cm³/mol. The topological polar surface area (TPSA) is 72.6 Å². The zero-order valence-electron chi connectivity index (χ0n) is 9.94. The van der Waals surface area contributed by atoms with Crippen LogP contribution in [-0.4, -0.2) is 10.0 Å². The van der Waals surface area contributed by atoms with E-state index in [0.29, 0.717) is 17.9 Å². The van der Waals surface area contributed by atoms with Crippen LogP contribution < -0.4 is 4.74 Å². The summed E-state index contributed by atoms with van der Waals surface area (Å²) in [5.74, 6) is -0.0516. The minimum Gasteiger partial charge on any atom is -0.503 e. The molecule has 0 bridgehead atoms. The Kier molecular flexibility index (Phi) is 5.29. The van der Waals surface area contributed by atoms with Crippen LogP contribution in [0.2, 0.25) is 0 Å². The van der Waals surface area contributed by atoms with Crippen LogP contribution in [-0.2, 0) is 0 Å². The van der Waals surface area contributed by atoms with Gasteiger partial charge in [0, 0.05) is 25.6 Å². The average Bonchev–Trinajstić information content (AvgIpc) is 2.44. The molecule has 0 aliphatic heterocycles. The number of phenols is 1. The Bertz CT molecular complexity index is 736. The first kappa shape index (κ1) is 16.7. The Balaban J connectivity index is 2.51. The van der Waals surface area contributed by atoms with E-state index in [2.05, 4.69) is 63.7 Å². The van der Waals surface area contributed by atoms with Gasteiger partial charge in [-0.05, 0) is 59.9 Å². The van der Waals surface area contributed by atoms with E-state index in [9.17, 15) is 15.2 Å². The highest BCUT2D eigenvalue weighted by Crippen LogP contribution is 2.46. The van der Waals surface area contributed by atoms with E-state index < -0.39 is 4.92 Å². The summed E-state index contributed by atoms with van der Waals surface area (Å²) in [4.78, 5) is 10.5. The number of hydrogen-bond acceptors (Lipinski definition) is 4. The van der Waals surface area contributed by atoms with E-state index in [4.69, 9.17) is 4.74 Å². The summed E-state index contributed by atoms with van der Waals surface area (Å²) in [6.45, 7) is 0. The van der Waals surface area contributed by atoms with Crippen molar-refractivity contribution in [3.05, 3.63) is 52.3 Å². The highest BCUT2D eigenvalue weighted by atomic mass is 79.9. The first-order valence-electron chi connectivity index (χ1n) is 5.29. The molecule has 0 unspecified atom stereocenters. The lowest BCUT2D eigenvalue weighted by Gasteiger charge is -2.11. The molecule has 1 N–H and O–H groups in total. The molecule has 0 fully saturated rings. The number of aromatic hydroxyl groups is 1. The third-order valence-electron chi connectivity index (χ3n) is 2.44. The largest absolute Gasteiger partial charge is 0.503 e. The van der Waals surface area contributed by atoms with Crippen molar-refractivity contribution in [3.63, 3.8) is 0 Å². The average molecular weight is 547 g/mol. The normalized spacial score (nSPS) is 10.5. The number of nitrogens with zero attached hydrogens (tertiary/aromatic N) is 1. The molecule has 0 amide bonds. The van der Waals surface area contributed by atoms with Crippen molar-refractivity contribution in [1.29, 1.82) is 0 Å². The quantitative estimate of drug-likeness (QED) is 0.285. The van der Waals surface area contributed by atoms with Crippen molar-refractivity contribution in [2.24, 2.45) is 0 Å². The first-order chi connectivity index (χ1) is 9.81. The molecule has 0 saturated heterocycles. The molecule has 0 saturated carbocycles. The van der Waals surface area contributed by atoms with Gasteiger partial charge in [-0.2, -0.15) is 0 Å². The SMILES string of the molecule is O=[N+]([O-])c1cc(Br)ccc1Oc1cc(Br)c(Br)c(Br)c1O. The van der Waals surface area contributed by atoms with Crippen LogP contribution >= 0.6 is 63.7 Å². The lowest BCUT2D eigenvalue weighted by Crippen LogP contribution is -1.94. The fourth-order valence-corrected chi connectivity index (χ4v) is 3.21. The van der Waals surface area contributed by atoms with Gasteiger partial charge in [-0.1, -0.05) is 15.9 Å². The third-order valence-corrected chi connectivity index (χ3v) is 6.22. The summed E-state index contributed by atoms with van der Waals surface area (Å²) >= 11 is 12.9. The molecule has 2 aromatic rings. The Morgan fingerprint density at radius 3 is 2.33 bits per heavy atom. The number of ether oxygens (including phenoxy) is 1. The fourth-order valence-electron chi connectivity index (χ4n) is 1.48. The Labute approximate surface area is 153 Å². The van der Waals surface area contributed by atoms with Crippen LogP contribution in [0.4, 0.5) is 5.69 Å². The highest BCUT2D eigenvalue weighted by Gasteiger charge is 2.20. The van der Waals surface area contributed by atoms with Crippen LogP contribution in [0, 0.1) is 10.1 Å². The molecule has 21 heavy (non-hydrogen) atoms. The molecule has 5 nitrogen and oxygen atoms in total. The molecule has 0 radical (unpaired) electrons. The van der Waals surface area contributed by atoms with Gasteiger partial charge in [0.05, 0.1) is 9.40 Å². The van der Waals surface area contributed by atoms with Crippen LogP contribution in [0.25, 0.3) is 0 Å². The van der Waals surface area contributed by atoms with Gasteiger partial charge in [-0.3, -0.25) is 10.1 Å². The van der Waals surface area contributed by atoms with Crippen molar-refractivity contribution in [2.45, 2.75) is 0 Å². The molecule has 0 heterocycles. The Morgan fingerprint density at radius 2 is 1.71 bits per heavy atom. The second kappa shape index (κ2) is 6.64. The summed E-state index contributed by atoms with van der Waals surface area (Å²) in [6, 6.07) is 5.90. The summed E-state index contributed by atoms with van der Waals surface area (Å²) < 4.78 is 7.66. The number of benzene rings is 2. The maximum absolute atomic E-state index is 11.1. The van der Waals surface area contributed by atoms with E-state index in [0.717, 1.165) is 0 Å². The van der Waals surface area contributed by atoms with E-state index in [1.165, 1.54) is 18.2 Å². The maximum atomic E-state index is 11.1. The monoisotopic (exact) mass is 543 g/mol. The highest BCUT2D eigenvalue weighted by molar-refractivity contribution is 9.14. The van der Waals surface area contributed by atoms with E-state index in [-0.39, 0.29) is 22.9 Å². The number of nitro groups is 1. The third kappa shape index (κ3) is 3.58. The maximum Gasteiger partial charge on any atom is 0.312 e. The molecule has 0 atom stereocenters. The lowest BCUT2D eigenvalue weighted by atomic mass is 10.3. The van der Waals surface area contributed by atoms with Gasteiger partial charge >= 0.3 is 5.69 Å². The molecule has 0 aromatic heterocycles. The van der Waals surface area contributed by atoms with Gasteiger partial charge in [0.2, 0.25) is 5.75 Å². The van der Waals surface area contributed by atoms with Gasteiger partial charge < -0.3 is 9.84 Å². The van der Waals surface area contributed by atoms with E-state index in [1.54, 1.807) is 6.07 Å². The number of phenolic OH excluding ortho intramolecular Hbond substituents is 1. The van der Waals surface area contributed by atoms with Crippen molar-refractivity contribution in [2.75, 3.05) is 0 Å². The number of halogens is 4. The molecule has 0 spiro atoms. The zero-order valence-corrected chi connectivity index (χ0v) is 16.3. The molecular weight excluding hydrogens is 542 g/mol. The minimum atomic E-state index is -0.555. The van der Waals surface area contributed by atoms with Gasteiger partial charge in [0.25, 0.3) is 0 Å². The fraction of sp³-hybridized carbons (Fsp3) is 0. The molecule has 0 aliphatic carbocycles. The van der Waals surface area contributed by atoms with Crippen molar-refractivity contribution in [1.82, 2.24) is 0 Å². The second-order valence-electron chi connectivity index (χ2n) is 3.80. The number of nitro benzene ring substituents is 1. The smallest absolute Gasteiger partial charge is 0.312 e. The van der Waals surface area contributed by atoms with E-state index in [1.807, 2.05) is 0 Å². The Morgan fingerprint density at radius 1 is 1.05 bits per heavy atom. The molecule has 2 rings (SSSR count). The molecule has 110 valence electrons. The zero-order chi connectivity index (χ0) is 15.7. The Hall–Kier alpha value is -0.640. The second-order valence-corrected chi connectivity index (χ2v) is 7.16. The summed E-state index contributed by atoms with van der Waals surface area (Å²) in [6.07, 6.45) is 0. The van der Waals surface area contributed by atoms with Crippen molar-refractivity contribution >= 4 is 69.4 Å². The van der Waals surface area contributed by atoms with Crippen LogP contribution in [0.15, 0.2) is 42.2 Å². The van der Waals surface area contributed by atoms with Crippen LogP contribution in [0.5, 0.6) is 17.2 Å². The van der Waals surface area contributed by atoms with Crippen molar-refractivity contribution in [3.8, 4) is 17.2 Å². The lowest BCUT2D eigenvalue weighted by molar-refractivity contribution is -0.385.